The summed E-state index contributed by atoms with van der Waals surface area (Å²) in [5.74, 6) is 0.719. The topological polar surface area (TPSA) is 58.6 Å². The van der Waals surface area contributed by atoms with Crippen molar-refractivity contribution >= 4 is 23.2 Å². The van der Waals surface area contributed by atoms with Crippen molar-refractivity contribution in [2.24, 2.45) is 0 Å². The lowest BCUT2D eigenvalue weighted by Crippen LogP contribution is -2.42. The summed E-state index contributed by atoms with van der Waals surface area (Å²) in [5, 5.41) is 4.74. The first-order valence-electron chi connectivity index (χ1n) is 7.90. The maximum Gasteiger partial charge on any atom is 0.245 e. The van der Waals surface area contributed by atoms with Crippen molar-refractivity contribution in [2.45, 2.75) is 32.0 Å². The summed E-state index contributed by atoms with van der Waals surface area (Å²) in [7, 11) is 1.76. The van der Waals surface area contributed by atoms with E-state index in [9.17, 15) is 9.59 Å². The molecule has 1 atom stereocenters. The molecule has 1 aliphatic rings. The van der Waals surface area contributed by atoms with Gasteiger partial charge >= 0.3 is 0 Å². The Kier molecular flexibility index (Phi) is 5.15. The Balaban J connectivity index is 1.51. The Hall–Kier alpha value is -2.34. The van der Waals surface area contributed by atoms with Gasteiger partial charge in [-0.1, -0.05) is 18.2 Å². The van der Waals surface area contributed by atoms with Crippen LogP contribution in [0.15, 0.2) is 41.8 Å². The number of benzene rings is 1. The Labute approximate surface area is 145 Å². The van der Waals surface area contributed by atoms with Gasteiger partial charge < -0.3 is 15.0 Å². The molecule has 1 saturated heterocycles. The minimum atomic E-state index is -0.379. The van der Waals surface area contributed by atoms with Crippen molar-refractivity contribution in [3.8, 4) is 5.75 Å². The molecule has 1 aromatic carbocycles. The van der Waals surface area contributed by atoms with Gasteiger partial charge in [-0.3, -0.25) is 9.59 Å². The first-order valence-corrected chi connectivity index (χ1v) is 8.78. The number of likely N-dealkylation sites (N-methyl/N-ethyl adjacent to an activating group) is 1. The Morgan fingerprint density at radius 2 is 2.12 bits per heavy atom. The standard InChI is InChI=1S/C18H20N2O3S/c1-20(18(22)16-8-9-17(21)19-16)11-13-4-6-14(7-5-13)23-12-15-3-2-10-24-15/h2-7,10,16H,8-9,11-12H2,1H3,(H,19,21)/t16-/m1/s1. The molecule has 0 unspecified atom stereocenters. The molecule has 1 fully saturated rings. The average Bonchev–Trinajstić information content (AvgIpc) is 3.25. The number of amides is 2. The second-order valence-corrected chi connectivity index (χ2v) is 6.90. The van der Waals surface area contributed by atoms with Crippen LogP contribution in [0.5, 0.6) is 5.75 Å². The van der Waals surface area contributed by atoms with E-state index in [4.69, 9.17) is 4.74 Å². The third-order valence-corrected chi connectivity index (χ3v) is 4.82. The van der Waals surface area contributed by atoms with E-state index in [0.717, 1.165) is 11.3 Å². The molecule has 0 radical (unpaired) electrons. The SMILES string of the molecule is CN(Cc1ccc(OCc2cccs2)cc1)C(=O)[C@H]1CCC(=O)N1. The number of rotatable bonds is 6. The molecule has 24 heavy (non-hydrogen) atoms. The van der Waals surface area contributed by atoms with E-state index in [1.807, 2.05) is 41.8 Å². The summed E-state index contributed by atoms with van der Waals surface area (Å²) in [5.41, 5.74) is 1.03. The Bertz CT molecular complexity index is 698. The quantitative estimate of drug-likeness (QED) is 0.876. The van der Waals surface area contributed by atoms with Crippen molar-refractivity contribution in [2.75, 3.05) is 7.05 Å². The molecule has 6 heteroatoms. The summed E-state index contributed by atoms with van der Waals surface area (Å²) in [6.07, 6.45) is 1.01. The first kappa shape index (κ1) is 16.5. The molecule has 126 valence electrons. The number of nitrogens with one attached hydrogen (secondary N) is 1. The number of thiophene rings is 1. The smallest absolute Gasteiger partial charge is 0.245 e. The van der Waals surface area contributed by atoms with Crippen molar-refractivity contribution in [1.82, 2.24) is 10.2 Å². The molecule has 0 bridgehead atoms. The zero-order chi connectivity index (χ0) is 16.9. The lowest BCUT2D eigenvalue weighted by Gasteiger charge is -2.21. The molecule has 5 nitrogen and oxygen atoms in total. The second kappa shape index (κ2) is 7.49. The number of carbonyl (C=O) groups excluding carboxylic acids is 2. The molecule has 2 aromatic rings. The highest BCUT2D eigenvalue weighted by Gasteiger charge is 2.29. The molecule has 0 aliphatic carbocycles. The summed E-state index contributed by atoms with van der Waals surface area (Å²) < 4.78 is 5.73. The van der Waals surface area contributed by atoms with Crippen LogP contribution in [0.2, 0.25) is 0 Å². The minimum Gasteiger partial charge on any atom is -0.488 e. The lowest BCUT2D eigenvalue weighted by molar-refractivity contribution is -0.133. The van der Waals surface area contributed by atoms with Gasteiger partial charge in [-0.05, 0) is 35.6 Å². The van der Waals surface area contributed by atoms with E-state index < -0.39 is 0 Å². The predicted molar refractivity (Wildman–Crippen MR) is 92.7 cm³/mol. The van der Waals surface area contributed by atoms with Crippen LogP contribution in [0, 0.1) is 0 Å². The highest BCUT2D eigenvalue weighted by molar-refractivity contribution is 7.09. The van der Waals surface area contributed by atoms with Gasteiger partial charge in [-0.15, -0.1) is 11.3 Å². The number of hydrogen-bond donors (Lipinski definition) is 1. The van der Waals surface area contributed by atoms with Crippen molar-refractivity contribution in [1.29, 1.82) is 0 Å². The molecular weight excluding hydrogens is 324 g/mol. The summed E-state index contributed by atoms with van der Waals surface area (Å²) in [6, 6.07) is 11.4. The fourth-order valence-corrected chi connectivity index (χ4v) is 3.27. The number of hydrogen-bond acceptors (Lipinski definition) is 4. The highest BCUT2D eigenvalue weighted by atomic mass is 32.1. The monoisotopic (exact) mass is 344 g/mol. The van der Waals surface area contributed by atoms with E-state index in [1.54, 1.807) is 23.3 Å². The molecule has 0 saturated carbocycles. The van der Waals surface area contributed by atoms with Crippen LogP contribution >= 0.6 is 11.3 Å². The Morgan fingerprint density at radius 3 is 2.75 bits per heavy atom. The minimum absolute atomic E-state index is 0.0427. The molecule has 1 aromatic heterocycles. The number of nitrogens with zero attached hydrogens (tertiary/aromatic N) is 1. The maximum absolute atomic E-state index is 12.3. The largest absolute Gasteiger partial charge is 0.488 e. The van der Waals surface area contributed by atoms with Gasteiger partial charge in [-0.25, -0.2) is 0 Å². The van der Waals surface area contributed by atoms with Gasteiger partial charge in [0.1, 0.15) is 18.4 Å². The van der Waals surface area contributed by atoms with E-state index in [-0.39, 0.29) is 17.9 Å². The van der Waals surface area contributed by atoms with Gasteiger partial charge in [0, 0.05) is 24.9 Å². The van der Waals surface area contributed by atoms with Crippen LogP contribution in [0.25, 0.3) is 0 Å². The van der Waals surface area contributed by atoms with Gasteiger partial charge in [0.25, 0.3) is 0 Å². The molecule has 1 aliphatic heterocycles. The first-order chi connectivity index (χ1) is 11.6. The summed E-state index contributed by atoms with van der Waals surface area (Å²) in [4.78, 5) is 26.3. The van der Waals surface area contributed by atoms with Crippen LogP contribution in [0.3, 0.4) is 0 Å². The van der Waals surface area contributed by atoms with E-state index in [1.165, 1.54) is 4.88 Å². The van der Waals surface area contributed by atoms with Gasteiger partial charge in [-0.2, -0.15) is 0 Å². The molecular formula is C18H20N2O3S. The van der Waals surface area contributed by atoms with Crippen molar-refractivity contribution in [3.63, 3.8) is 0 Å². The fourth-order valence-electron chi connectivity index (χ4n) is 2.66. The third kappa shape index (κ3) is 4.14. The second-order valence-electron chi connectivity index (χ2n) is 5.87. The molecule has 1 N–H and O–H groups in total. The van der Waals surface area contributed by atoms with Crippen LogP contribution < -0.4 is 10.1 Å². The summed E-state index contributed by atoms with van der Waals surface area (Å²) in [6.45, 7) is 1.08. The van der Waals surface area contributed by atoms with Gasteiger partial charge in [0.05, 0.1) is 0 Å². The zero-order valence-electron chi connectivity index (χ0n) is 13.5. The fraction of sp³-hybridized carbons (Fsp3) is 0.333. The molecule has 0 spiro atoms. The zero-order valence-corrected chi connectivity index (χ0v) is 14.3. The van der Waals surface area contributed by atoms with Crippen molar-refractivity contribution < 1.29 is 14.3 Å². The van der Waals surface area contributed by atoms with Crippen molar-refractivity contribution in [3.05, 3.63) is 52.2 Å². The molecule has 2 heterocycles. The molecule has 3 rings (SSSR count). The third-order valence-electron chi connectivity index (χ3n) is 3.97. The average molecular weight is 344 g/mol. The number of carbonyl (C=O) groups is 2. The number of ether oxygens (including phenoxy) is 1. The normalized spacial score (nSPS) is 16.7. The van der Waals surface area contributed by atoms with E-state index >= 15 is 0 Å². The maximum atomic E-state index is 12.3. The van der Waals surface area contributed by atoms with Crippen LogP contribution in [-0.2, 0) is 22.7 Å². The van der Waals surface area contributed by atoms with Crippen LogP contribution in [0.1, 0.15) is 23.3 Å². The Morgan fingerprint density at radius 1 is 1.33 bits per heavy atom. The van der Waals surface area contributed by atoms with E-state index in [2.05, 4.69) is 5.32 Å². The predicted octanol–water partition coefficient (Wildman–Crippen LogP) is 2.56. The van der Waals surface area contributed by atoms with E-state index in [0.29, 0.717) is 26.0 Å². The van der Waals surface area contributed by atoms with Crippen LogP contribution in [0.4, 0.5) is 0 Å². The summed E-state index contributed by atoms with van der Waals surface area (Å²) >= 11 is 1.67. The van der Waals surface area contributed by atoms with Gasteiger partial charge in [0.15, 0.2) is 0 Å². The lowest BCUT2D eigenvalue weighted by atomic mass is 10.1. The highest BCUT2D eigenvalue weighted by Crippen LogP contribution is 2.18. The van der Waals surface area contributed by atoms with Gasteiger partial charge in [0.2, 0.25) is 11.8 Å². The van der Waals surface area contributed by atoms with Crippen LogP contribution in [-0.4, -0.2) is 29.8 Å². The molecule has 2 amide bonds.